The van der Waals surface area contributed by atoms with Crippen molar-refractivity contribution in [1.29, 1.82) is 0 Å². The molecule has 0 spiro atoms. The summed E-state index contributed by atoms with van der Waals surface area (Å²) in [5, 5.41) is 1.85. The standard InChI is InChI=1S/C12H13N3OS/c1-2-12(11(13)16,10-7-17-8-15-10)9-5-3-4-6-14-9/h3-8H,2H2,1H3,(H2,13,16). The molecule has 2 N–H and O–H groups in total. The summed E-state index contributed by atoms with van der Waals surface area (Å²) in [4.78, 5) is 20.4. The van der Waals surface area contributed by atoms with Crippen LogP contribution in [0, 0.1) is 0 Å². The second kappa shape index (κ2) is 4.63. The molecule has 0 bridgehead atoms. The normalized spacial score (nSPS) is 14.2. The molecule has 1 amide bonds. The third kappa shape index (κ3) is 1.82. The van der Waals surface area contributed by atoms with Crippen molar-refractivity contribution >= 4 is 17.2 Å². The Kier molecular flexibility index (Phi) is 3.19. The Morgan fingerprint density at radius 3 is 2.71 bits per heavy atom. The first-order chi connectivity index (χ1) is 8.21. The molecule has 5 heteroatoms. The fourth-order valence-electron chi connectivity index (χ4n) is 1.96. The van der Waals surface area contributed by atoms with Crippen LogP contribution in [0.25, 0.3) is 0 Å². The van der Waals surface area contributed by atoms with Gasteiger partial charge < -0.3 is 5.73 Å². The first kappa shape index (κ1) is 11.7. The molecule has 1 unspecified atom stereocenters. The molecule has 2 aromatic heterocycles. The van der Waals surface area contributed by atoms with Gasteiger partial charge in [0.05, 0.1) is 16.9 Å². The number of carbonyl (C=O) groups is 1. The lowest BCUT2D eigenvalue weighted by Gasteiger charge is -2.26. The fourth-order valence-corrected chi connectivity index (χ4v) is 2.58. The molecule has 88 valence electrons. The highest BCUT2D eigenvalue weighted by atomic mass is 32.1. The molecular formula is C12H13N3OS. The number of thiazole rings is 1. The molecule has 2 heterocycles. The molecule has 0 aromatic carbocycles. The molecule has 0 aliphatic rings. The lowest BCUT2D eigenvalue weighted by atomic mass is 9.78. The van der Waals surface area contributed by atoms with Crippen LogP contribution in [0.3, 0.4) is 0 Å². The van der Waals surface area contributed by atoms with Crippen LogP contribution >= 0.6 is 11.3 Å². The number of amides is 1. The maximum atomic E-state index is 11.9. The van der Waals surface area contributed by atoms with E-state index in [2.05, 4.69) is 9.97 Å². The van der Waals surface area contributed by atoms with Crippen molar-refractivity contribution in [3.63, 3.8) is 0 Å². The summed E-state index contributed by atoms with van der Waals surface area (Å²) in [6, 6.07) is 5.47. The van der Waals surface area contributed by atoms with Gasteiger partial charge in [-0.2, -0.15) is 0 Å². The summed E-state index contributed by atoms with van der Waals surface area (Å²) < 4.78 is 0. The zero-order valence-electron chi connectivity index (χ0n) is 9.46. The van der Waals surface area contributed by atoms with Crippen LogP contribution in [0.5, 0.6) is 0 Å². The second-order valence-electron chi connectivity index (χ2n) is 3.71. The molecule has 2 aromatic rings. The van der Waals surface area contributed by atoms with Gasteiger partial charge in [-0.05, 0) is 18.6 Å². The number of pyridine rings is 1. The summed E-state index contributed by atoms with van der Waals surface area (Å²) in [5.41, 5.74) is 7.71. The van der Waals surface area contributed by atoms with Gasteiger partial charge in [0.15, 0.2) is 0 Å². The van der Waals surface area contributed by atoms with Gasteiger partial charge in [-0.25, -0.2) is 4.98 Å². The van der Waals surface area contributed by atoms with Gasteiger partial charge >= 0.3 is 0 Å². The van der Waals surface area contributed by atoms with Crippen LogP contribution in [0.4, 0.5) is 0 Å². The largest absolute Gasteiger partial charge is 0.369 e. The summed E-state index contributed by atoms with van der Waals surface area (Å²) in [6.45, 7) is 1.92. The highest BCUT2D eigenvalue weighted by molar-refractivity contribution is 7.07. The first-order valence-corrected chi connectivity index (χ1v) is 6.26. The van der Waals surface area contributed by atoms with E-state index in [1.54, 1.807) is 11.7 Å². The quantitative estimate of drug-likeness (QED) is 0.894. The molecular weight excluding hydrogens is 234 g/mol. The molecule has 4 nitrogen and oxygen atoms in total. The predicted octanol–water partition coefficient (Wildman–Crippen LogP) is 1.72. The van der Waals surface area contributed by atoms with E-state index in [9.17, 15) is 4.79 Å². The molecule has 17 heavy (non-hydrogen) atoms. The van der Waals surface area contributed by atoms with Gasteiger partial charge in [-0.1, -0.05) is 13.0 Å². The average molecular weight is 247 g/mol. The van der Waals surface area contributed by atoms with Crippen molar-refractivity contribution in [3.05, 3.63) is 46.7 Å². The maximum absolute atomic E-state index is 11.9. The topological polar surface area (TPSA) is 68.9 Å². The fraction of sp³-hybridized carbons (Fsp3) is 0.250. The zero-order valence-corrected chi connectivity index (χ0v) is 10.3. The van der Waals surface area contributed by atoms with Gasteiger partial charge in [0.2, 0.25) is 5.91 Å². The third-order valence-corrected chi connectivity index (χ3v) is 3.51. The van der Waals surface area contributed by atoms with Gasteiger partial charge in [0.1, 0.15) is 5.41 Å². The zero-order chi connectivity index (χ0) is 12.3. The maximum Gasteiger partial charge on any atom is 0.235 e. The lowest BCUT2D eigenvalue weighted by Crippen LogP contribution is -2.42. The minimum absolute atomic E-state index is 0.412. The van der Waals surface area contributed by atoms with Crippen molar-refractivity contribution in [1.82, 2.24) is 9.97 Å². The first-order valence-electron chi connectivity index (χ1n) is 5.32. The number of primary amides is 1. The molecule has 0 radical (unpaired) electrons. The van der Waals surface area contributed by atoms with E-state index in [-0.39, 0.29) is 0 Å². The number of carbonyl (C=O) groups excluding carboxylic acids is 1. The third-order valence-electron chi connectivity index (χ3n) is 2.92. The highest BCUT2D eigenvalue weighted by Crippen LogP contribution is 2.33. The Hall–Kier alpha value is -1.75. The van der Waals surface area contributed by atoms with E-state index >= 15 is 0 Å². The Morgan fingerprint density at radius 2 is 2.24 bits per heavy atom. The van der Waals surface area contributed by atoms with Crippen LogP contribution in [-0.2, 0) is 10.2 Å². The molecule has 0 fully saturated rings. The van der Waals surface area contributed by atoms with Crippen LogP contribution in [-0.4, -0.2) is 15.9 Å². The van der Waals surface area contributed by atoms with Crippen LogP contribution in [0.1, 0.15) is 24.7 Å². The van der Waals surface area contributed by atoms with Crippen molar-refractivity contribution in [2.45, 2.75) is 18.8 Å². The highest BCUT2D eigenvalue weighted by Gasteiger charge is 2.41. The van der Waals surface area contributed by atoms with Crippen molar-refractivity contribution in [3.8, 4) is 0 Å². The summed E-state index contributed by atoms with van der Waals surface area (Å²) in [6.07, 6.45) is 2.21. The number of hydrogen-bond acceptors (Lipinski definition) is 4. The number of aromatic nitrogens is 2. The number of hydrogen-bond donors (Lipinski definition) is 1. The SMILES string of the molecule is CCC(C(N)=O)(c1ccccn1)c1cscn1. The average Bonchev–Trinajstić information content (AvgIpc) is 2.86. The number of nitrogens with two attached hydrogens (primary N) is 1. The van der Waals surface area contributed by atoms with Crippen molar-refractivity contribution in [2.75, 3.05) is 0 Å². The van der Waals surface area contributed by atoms with Crippen LogP contribution < -0.4 is 5.73 Å². The van der Waals surface area contributed by atoms with E-state index in [0.29, 0.717) is 17.8 Å². The summed E-state index contributed by atoms with van der Waals surface area (Å²) in [5.74, 6) is -0.412. The van der Waals surface area contributed by atoms with E-state index in [0.717, 1.165) is 0 Å². The molecule has 0 saturated heterocycles. The molecule has 1 atom stereocenters. The Morgan fingerprint density at radius 1 is 1.41 bits per heavy atom. The van der Waals surface area contributed by atoms with Crippen molar-refractivity contribution < 1.29 is 4.79 Å². The number of nitrogens with zero attached hydrogens (tertiary/aromatic N) is 2. The monoisotopic (exact) mass is 247 g/mol. The minimum atomic E-state index is -0.915. The van der Waals surface area contributed by atoms with E-state index in [4.69, 9.17) is 5.73 Å². The minimum Gasteiger partial charge on any atom is -0.369 e. The van der Waals surface area contributed by atoms with E-state index < -0.39 is 11.3 Å². The van der Waals surface area contributed by atoms with Crippen LogP contribution in [0.15, 0.2) is 35.3 Å². The molecule has 0 aliphatic heterocycles. The lowest BCUT2D eigenvalue weighted by molar-refractivity contribution is -0.122. The van der Waals surface area contributed by atoms with Gasteiger partial charge in [0.25, 0.3) is 0 Å². The van der Waals surface area contributed by atoms with Gasteiger partial charge in [0, 0.05) is 11.6 Å². The Balaban J connectivity index is 2.63. The number of rotatable bonds is 4. The smallest absolute Gasteiger partial charge is 0.235 e. The Bertz CT molecular complexity index is 498. The van der Waals surface area contributed by atoms with Gasteiger partial charge in [-0.3, -0.25) is 9.78 Å². The van der Waals surface area contributed by atoms with Crippen molar-refractivity contribution in [2.24, 2.45) is 5.73 Å². The molecule has 0 aliphatic carbocycles. The molecule has 0 saturated carbocycles. The van der Waals surface area contributed by atoms with E-state index in [1.807, 2.05) is 30.5 Å². The van der Waals surface area contributed by atoms with Gasteiger partial charge in [-0.15, -0.1) is 11.3 Å². The predicted molar refractivity (Wildman–Crippen MR) is 66.6 cm³/mol. The van der Waals surface area contributed by atoms with E-state index in [1.165, 1.54) is 11.3 Å². The second-order valence-corrected chi connectivity index (χ2v) is 4.43. The molecule has 2 rings (SSSR count). The van der Waals surface area contributed by atoms with Crippen LogP contribution in [0.2, 0.25) is 0 Å². The summed E-state index contributed by atoms with van der Waals surface area (Å²) in [7, 11) is 0. The Labute approximate surface area is 104 Å². The summed E-state index contributed by atoms with van der Waals surface area (Å²) >= 11 is 1.45.